The smallest absolute Gasteiger partial charge is 0.407 e. The zero-order valence-corrected chi connectivity index (χ0v) is 41.6. The monoisotopic (exact) mass is 997 g/mol. The van der Waals surface area contributed by atoms with Crippen LogP contribution >= 0.6 is 15.9 Å². The highest BCUT2D eigenvalue weighted by molar-refractivity contribution is 9.10. The molecular formula is C46H80BrNO17. The molecule has 378 valence electrons. The van der Waals surface area contributed by atoms with Crippen molar-refractivity contribution in [1.82, 2.24) is 5.32 Å². The lowest BCUT2D eigenvalue weighted by atomic mass is 9.78. The Morgan fingerprint density at radius 1 is 0.569 bits per heavy atom. The molecule has 19 heteroatoms. The number of rotatable bonds is 43. The fourth-order valence-corrected chi connectivity index (χ4v) is 6.77. The van der Waals surface area contributed by atoms with Crippen LogP contribution in [0.3, 0.4) is 0 Å². The van der Waals surface area contributed by atoms with Gasteiger partial charge in [0.25, 0.3) is 0 Å². The van der Waals surface area contributed by atoms with Gasteiger partial charge < -0.3 is 57.4 Å². The van der Waals surface area contributed by atoms with E-state index >= 15 is 0 Å². The van der Waals surface area contributed by atoms with Gasteiger partial charge in [-0.1, -0.05) is 94.1 Å². The number of ether oxygens (including phenoxy) is 11. The maximum absolute atomic E-state index is 13.8. The third-order valence-corrected chi connectivity index (χ3v) is 10.6. The lowest BCUT2D eigenvalue weighted by Crippen LogP contribution is -2.36. The van der Waals surface area contributed by atoms with Gasteiger partial charge in [-0.2, -0.15) is 0 Å². The summed E-state index contributed by atoms with van der Waals surface area (Å²) in [5.41, 5.74) is -1.22. The molecule has 18 nitrogen and oxygen atoms in total. The number of alkyl carbamates (subject to hydrolysis) is 1. The molecule has 65 heavy (non-hydrogen) atoms. The van der Waals surface area contributed by atoms with E-state index in [4.69, 9.17) is 52.1 Å². The fraction of sp³-hybridized carbons (Fsp3) is 0.826. The van der Waals surface area contributed by atoms with Crippen LogP contribution in [0.25, 0.3) is 0 Å². The number of esters is 5. The first kappa shape index (κ1) is 61.6. The van der Waals surface area contributed by atoms with E-state index < -0.39 is 64.3 Å². The minimum absolute atomic E-state index is 0.00642. The van der Waals surface area contributed by atoms with E-state index in [1.165, 1.54) is 52.7 Å². The predicted molar refractivity (Wildman–Crippen MR) is 244 cm³/mol. The number of hydrogen-bond acceptors (Lipinski definition) is 17. The van der Waals surface area contributed by atoms with Crippen molar-refractivity contribution >= 4 is 51.9 Å². The van der Waals surface area contributed by atoms with Gasteiger partial charge in [0, 0.05) is 26.9 Å². The van der Waals surface area contributed by atoms with Gasteiger partial charge in [-0.3, -0.25) is 19.2 Å². The Kier molecular flexibility index (Phi) is 38.8. The molecule has 3 unspecified atom stereocenters. The summed E-state index contributed by atoms with van der Waals surface area (Å²) in [6.45, 7) is 11.7. The molecule has 3 atom stereocenters. The third kappa shape index (κ3) is 33.7. The minimum atomic E-state index is -1.22. The topological polar surface area (TPSA) is 216 Å². The van der Waals surface area contributed by atoms with Crippen molar-refractivity contribution in [3.63, 3.8) is 0 Å². The van der Waals surface area contributed by atoms with E-state index in [1.807, 2.05) is 6.92 Å². The molecule has 1 amide bonds. The van der Waals surface area contributed by atoms with Crippen molar-refractivity contribution in [2.75, 3.05) is 100 Å². The highest BCUT2D eigenvalue weighted by atomic mass is 79.9. The standard InChI is InChI=1S/C46H80BrNO17/c1-8-11-12-13-14-15-16-17-18-19-22-61-41(50)36(33-38(47)43(52)63-30-31-65-45(54)48-20-23-60-39(49)10-3)32-37(42(51)62-28-26-58-25-24-57-21-9-2)34-46(4,5)44(53)64-29-27-59-35-40(55-6)56-7/h10,36-38,40H,3,8-9,11-35H2,1-2,4-7H3,(H,48,54). The summed E-state index contributed by atoms with van der Waals surface area (Å²) in [7, 11) is 2.95. The fourth-order valence-electron chi connectivity index (χ4n) is 6.19. The summed E-state index contributed by atoms with van der Waals surface area (Å²) in [4.78, 5) is 76.2. The van der Waals surface area contributed by atoms with Gasteiger partial charge in [0.1, 0.15) is 37.9 Å². The summed E-state index contributed by atoms with van der Waals surface area (Å²) in [5, 5.41) is 2.39. The molecule has 0 saturated heterocycles. The molecule has 0 aromatic heterocycles. The Labute approximate surface area is 395 Å². The van der Waals surface area contributed by atoms with Crippen LogP contribution in [0.5, 0.6) is 0 Å². The molecule has 0 aliphatic heterocycles. The Morgan fingerprint density at radius 3 is 1.72 bits per heavy atom. The van der Waals surface area contributed by atoms with Crippen LogP contribution in [0, 0.1) is 17.3 Å². The van der Waals surface area contributed by atoms with Crippen molar-refractivity contribution in [3.8, 4) is 0 Å². The summed E-state index contributed by atoms with van der Waals surface area (Å²) >= 11 is 3.35. The Balaban J connectivity index is 5.85. The van der Waals surface area contributed by atoms with Crippen LogP contribution in [-0.4, -0.2) is 147 Å². The summed E-state index contributed by atoms with van der Waals surface area (Å²) in [6.07, 6.45) is 11.2. The molecule has 0 saturated carbocycles. The maximum Gasteiger partial charge on any atom is 0.407 e. The average Bonchev–Trinajstić information content (AvgIpc) is 3.29. The third-order valence-electron chi connectivity index (χ3n) is 9.81. The summed E-state index contributed by atoms with van der Waals surface area (Å²) in [6, 6.07) is 0. The minimum Gasteiger partial charge on any atom is -0.465 e. The van der Waals surface area contributed by atoms with E-state index in [1.54, 1.807) is 13.8 Å². The van der Waals surface area contributed by atoms with Gasteiger partial charge in [-0.15, -0.1) is 0 Å². The van der Waals surface area contributed by atoms with Gasteiger partial charge in [0.05, 0.1) is 63.4 Å². The van der Waals surface area contributed by atoms with E-state index in [0.717, 1.165) is 31.8 Å². The second kappa shape index (κ2) is 40.9. The largest absolute Gasteiger partial charge is 0.465 e. The second-order valence-electron chi connectivity index (χ2n) is 15.9. The predicted octanol–water partition coefficient (Wildman–Crippen LogP) is 6.81. The number of amides is 1. The molecule has 0 fully saturated rings. The molecule has 0 aliphatic rings. The van der Waals surface area contributed by atoms with Crippen LogP contribution in [-0.2, 0) is 76.1 Å². The van der Waals surface area contributed by atoms with Crippen LogP contribution in [0.15, 0.2) is 12.7 Å². The number of hydrogen-bond donors (Lipinski definition) is 1. The molecule has 0 aromatic rings. The van der Waals surface area contributed by atoms with Crippen molar-refractivity contribution < 1.29 is 80.9 Å². The molecule has 0 radical (unpaired) electrons. The van der Waals surface area contributed by atoms with Gasteiger partial charge in [-0.25, -0.2) is 9.59 Å². The first-order chi connectivity index (χ1) is 31.3. The molecule has 0 aliphatic carbocycles. The normalized spacial score (nSPS) is 12.7. The molecule has 0 aromatic carbocycles. The lowest BCUT2D eigenvalue weighted by Gasteiger charge is -2.29. The number of nitrogens with one attached hydrogen (secondary N) is 1. The molecule has 0 bridgehead atoms. The molecule has 0 rings (SSSR count). The number of methoxy groups -OCH3 is 2. The Bertz CT molecular complexity index is 1300. The number of halogens is 1. The highest BCUT2D eigenvalue weighted by Crippen LogP contribution is 2.34. The van der Waals surface area contributed by atoms with Gasteiger partial charge in [-0.05, 0) is 46.0 Å². The first-order valence-electron chi connectivity index (χ1n) is 23.1. The van der Waals surface area contributed by atoms with E-state index in [9.17, 15) is 28.8 Å². The Morgan fingerprint density at radius 2 is 1.09 bits per heavy atom. The van der Waals surface area contributed by atoms with Crippen LogP contribution in [0.4, 0.5) is 4.79 Å². The summed E-state index contributed by atoms with van der Waals surface area (Å²) < 4.78 is 58.6. The molecule has 1 N–H and O–H groups in total. The number of carbonyl (C=O) groups is 6. The maximum atomic E-state index is 13.8. The molecular weight excluding hydrogens is 918 g/mol. The second-order valence-corrected chi connectivity index (χ2v) is 17.0. The van der Waals surface area contributed by atoms with Crippen molar-refractivity contribution in [1.29, 1.82) is 0 Å². The zero-order valence-electron chi connectivity index (χ0n) is 40.0. The summed E-state index contributed by atoms with van der Waals surface area (Å²) in [5.74, 6) is -5.28. The van der Waals surface area contributed by atoms with Crippen LogP contribution in [0.2, 0.25) is 0 Å². The first-order valence-corrected chi connectivity index (χ1v) is 24.0. The number of carbonyl (C=O) groups excluding carboxylic acids is 6. The molecule has 0 spiro atoms. The SMILES string of the molecule is C=CC(=O)OCCNC(=O)OCCOC(=O)C(Br)CC(CC(CC(C)(C)C(=O)OCCOCC(OC)OC)C(=O)OCCOCCOCCC)C(=O)OCCCCCCCCCCCC. The zero-order chi connectivity index (χ0) is 48.6. The quantitative estimate of drug-likeness (QED) is 0.0166. The van der Waals surface area contributed by atoms with Gasteiger partial charge in [0.2, 0.25) is 0 Å². The van der Waals surface area contributed by atoms with Crippen LogP contribution < -0.4 is 5.32 Å². The Hall–Kier alpha value is -3.36. The van der Waals surface area contributed by atoms with Crippen molar-refractivity contribution in [3.05, 3.63) is 12.7 Å². The van der Waals surface area contributed by atoms with Gasteiger partial charge >= 0.3 is 35.9 Å². The van der Waals surface area contributed by atoms with E-state index in [2.05, 4.69) is 34.7 Å². The van der Waals surface area contributed by atoms with Crippen molar-refractivity contribution in [2.45, 2.75) is 129 Å². The van der Waals surface area contributed by atoms with E-state index in [-0.39, 0.29) is 85.3 Å². The number of alkyl halides is 1. The lowest BCUT2D eigenvalue weighted by molar-refractivity contribution is -0.163. The average molecular weight is 999 g/mol. The van der Waals surface area contributed by atoms with Crippen molar-refractivity contribution in [2.24, 2.45) is 17.3 Å². The highest BCUT2D eigenvalue weighted by Gasteiger charge is 2.39. The van der Waals surface area contributed by atoms with E-state index in [0.29, 0.717) is 26.2 Å². The number of unbranched alkanes of at least 4 members (excludes halogenated alkanes) is 9. The van der Waals surface area contributed by atoms with Gasteiger partial charge in [0.15, 0.2) is 6.29 Å². The van der Waals surface area contributed by atoms with Crippen LogP contribution in [0.1, 0.15) is 118 Å². The molecule has 0 heterocycles.